The van der Waals surface area contributed by atoms with Crippen LogP contribution in [0.1, 0.15) is 13.3 Å². The first-order chi connectivity index (χ1) is 6.02. The van der Waals surface area contributed by atoms with Crippen molar-refractivity contribution in [1.29, 1.82) is 0 Å². The maximum absolute atomic E-state index is 11.1. The molecule has 1 amide bonds. The number of aliphatic carboxylic acids is 1. The molecule has 0 aliphatic carbocycles. The van der Waals surface area contributed by atoms with Crippen LogP contribution in [-0.4, -0.2) is 35.6 Å². The molecule has 0 unspecified atom stereocenters. The predicted octanol–water partition coefficient (Wildman–Crippen LogP) is -1.75. The van der Waals surface area contributed by atoms with Crippen LogP contribution in [0.4, 0.5) is 0 Å². The van der Waals surface area contributed by atoms with E-state index in [1.807, 2.05) is 0 Å². The zero-order valence-electron chi connectivity index (χ0n) is 7.49. The van der Waals surface area contributed by atoms with Gasteiger partial charge in [0.05, 0.1) is 6.04 Å². The number of nitrogens with two attached hydrogens (primary N) is 2. The van der Waals surface area contributed by atoms with E-state index in [9.17, 15) is 9.59 Å². The monoisotopic (exact) mass is 189 g/mol. The minimum absolute atomic E-state index is 0.00187. The van der Waals surface area contributed by atoms with Crippen LogP contribution in [0.15, 0.2) is 0 Å². The highest BCUT2D eigenvalue weighted by Gasteiger charge is 2.20. The van der Waals surface area contributed by atoms with Gasteiger partial charge in [-0.05, 0) is 6.42 Å². The fourth-order valence-corrected chi connectivity index (χ4v) is 0.724. The lowest BCUT2D eigenvalue weighted by molar-refractivity contribution is -0.142. The molecule has 0 spiro atoms. The van der Waals surface area contributed by atoms with Gasteiger partial charge in [-0.15, -0.1) is 0 Å². The van der Waals surface area contributed by atoms with Crippen molar-refractivity contribution in [1.82, 2.24) is 5.32 Å². The highest BCUT2D eigenvalue weighted by atomic mass is 16.4. The van der Waals surface area contributed by atoms with Crippen LogP contribution in [0, 0.1) is 0 Å². The Balaban J connectivity index is 4.09. The summed E-state index contributed by atoms with van der Waals surface area (Å²) in [5, 5.41) is 10.9. The number of amides is 1. The minimum atomic E-state index is -1.07. The van der Waals surface area contributed by atoms with Crippen LogP contribution in [0.3, 0.4) is 0 Å². The zero-order valence-corrected chi connectivity index (χ0v) is 7.49. The molecule has 0 aliphatic rings. The topological polar surface area (TPSA) is 118 Å². The SMILES string of the molecule is CC[C@@H](NC(=O)[C@@H](N)CN)C(=O)O. The molecule has 0 saturated heterocycles. The largest absolute Gasteiger partial charge is 0.480 e. The summed E-state index contributed by atoms with van der Waals surface area (Å²) in [5.74, 6) is -1.60. The summed E-state index contributed by atoms with van der Waals surface area (Å²) in [6.07, 6.45) is 0.318. The molecule has 0 aromatic carbocycles. The van der Waals surface area contributed by atoms with Crippen molar-refractivity contribution in [2.24, 2.45) is 11.5 Å². The number of carbonyl (C=O) groups is 2. The average molecular weight is 189 g/mol. The van der Waals surface area contributed by atoms with E-state index in [-0.39, 0.29) is 6.54 Å². The quantitative estimate of drug-likeness (QED) is 0.409. The summed E-state index contributed by atoms with van der Waals surface area (Å²) >= 11 is 0. The molecule has 0 aromatic rings. The van der Waals surface area contributed by atoms with Gasteiger partial charge in [0.1, 0.15) is 6.04 Å². The van der Waals surface area contributed by atoms with Crippen LogP contribution in [-0.2, 0) is 9.59 Å². The lowest BCUT2D eigenvalue weighted by Gasteiger charge is -2.14. The Morgan fingerprint density at radius 3 is 2.38 bits per heavy atom. The van der Waals surface area contributed by atoms with Gasteiger partial charge in [-0.1, -0.05) is 6.92 Å². The van der Waals surface area contributed by atoms with Gasteiger partial charge in [-0.2, -0.15) is 0 Å². The zero-order chi connectivity index (χ0) is 10.4. The summed E-state index contributed by atoms with van der Waals surface area (Å²) in [6, 6.07) is -1.72. The van der Waals surface area contributed by atoms with E-state index in [1.54, 1.807) is 6.92 Å². The summed E-state index contributed by atoms with van der Waals surface area (Å²) in [6.45, 7) is 1.66. The standard InChI is InChI=1S/C7H15N3O3/c1-2-5(7(12)13)10-6(11)4(9)3-8/h4-5H,2-3,8-9H2,1H3,(H,10,11)(H,12,13)/t4-,5+/m0/s1. The van der Waals surface area contributed by atoms with E-state index in [1.165, 1.54) is 0 Å². The highest BCUT2D eigenvalue weighted by Crippen LogP contribution is 1.91. The van der Waals surface area contributed by atoms with Crippen LogP contribution >= 0.6 is 0 Å². The molecule has 0 heterocycles. The summed E-state index contributed by atoms with van der Waals surface area (Å²) < 4.78 is 0. The van der Waals surface area contributed by atoms with E-state index in [0.717, 1.165) is 0 Å². The molecule has 6 nitrogen and oxygen atoms in total. The summed E-state index contributed by atoms with van der Waals surface area (Å²) in [4.78, 5) is 21.6. The molecule has 0 aromatic heterocycles. The van der Waals surface area contributed by atoms with Crippen LogP contribution in [0.5, 0.6) is 0 Å². The van der Waals surface area contributed by atoms with Gasteiger partial charge in [0.25, 0.3) is 0 Å². The van der Waals surface area contributed by atoms with Gasteiger partial charge in [-0.3, -0.25) is 4.79 Å². The molecular weight excluding hydrogens is 174 g/mol. The second-order valence-electron chi connectivity index (χ2n) is 2.65. The van der Waals surface area contributed by atoms with E-state index < -0.39 is 24.0 Å². The number of nitrogens with one attached hydrogen (secondary N) is 1. The molecule has 0 aliphatic heterocycles. The van der Waals surface area contributed by atoms with Gasteiger partial charge >= 0.3 is 5.97 Å². The molecule has 0 saturated carbocycles. The van der Waals surface area contributed by atoms with E-state index in [4.69, 9.17) is 16.6 Å². The second kappa shape index (κ2) is 5.50. The first-order valence-corrected chi connectivity index (χ1v) is 4.01. The van der Waals surface area contributed by atoms with Crippen molar-refractivity contribution in [3.8, 4) is 0 Å². The van der Waals surface area contributed by atoms with Crippen molar-refractivity contribution >= 4 is 11.9 Å². The Labute approximate surface area is 76.3 Å². The molecule has 13 heavy (non-hydrogen) atoms. The molecule has 6 heteroatoms. The van der Waals surface area contributed by atoms with Gasteiger partial charge in [-0.25, -0.2) is 4.79 Å². The van der Waals surface area contributed by atoms with Crippen molar-refractivity contribution in [3.05, 3.63) is 0 Å². The third-order valence-electron chi connectivity index (χ3n) is 1.61. The van der Waals surface area contributed by atoms with Crippen LogP contribution in [0.25, 0.3) is 0 Å². The number of carboxylic acids is 1. The van der Waals surface area contributed by atoms with Crippen LogP contribution < -0.4 is 16.8 Å². The van der Waals surface area contributed by atoms with Gasteiger partial charge in [0.2, 0.25) is 5.91 Å². The molecule has 76 valence electrons. The number of hydrogen-bond acceptors (Lipinski definition) is 4. The fourth-order valence-electron chi connectivity index (χ4n) is 0.724. The summed E-state index contributed by atoms with van der Waals surface area (Å²) in [5.41, 5.74) is 10.4. The summed E-state index contributed by atoms with van der Waals surface area (Å²) in [7, 11) is 0. The molecule has 0 radical (unpaired) electrons. The van der Waals surface area contributed by atoms with Crippen molar-refractivity contribution in [2.45, 2.75) is 25.4 Å². The molecule has 2 atom stereocenters. The number of hydrogen-bond donors (Lipinski definition) is 4. The lowest BCUT2D eigenvalue weighted by atomic mass is 10.2. The third-order valence-corrected chi connectivity index (χ3v) is 1.61. The van der Waals surface area contributed by atoms with Gasteiger partial charge in [0.15, 0.2) is 0 Å². The first kappa shape index (κ1) is 11.9. The Hall–Kier alpha value is -1.14. The van der Waals surface area contributed by atoms with Crippen molar-refractivity contribution < 1.29 is 14.7 Å². The third kappa shape index (κ3) is 3.86. The fraction of sp³-hybridized carbons (Fsp3) is 0.714. The maximum Gasteiger partial charge on any atom is 0.326 e. The van der Waals surface area contributed by atoms with Gasteiger partial charge in [0, 0.05) is 6.54 Å². The molecule has 0 fully saturated rings. The van der Waals surface area contributed by atoms with Crippen molar-refractivity contribution in [3.63, 3.8) is 0 Å². The number of rotatable bonds is 5. The van der Waals surface area contributed by atoms with Crippen molar-refractivity contribution in [2.75, 3.05) is 6.54 Å². The molecular formula is C7H15N3O3. The Morgan fingerprint density at radius 2 is 2.08 bits per heavy atom. The number of carbonyl (C=O) groups excluding carboxylic acids is 1. The highest BCUT2D eigenvalue weighted by molar-refractivity contribution is 5.86. The Kier molecular flexibility index (Phi) is 5.01. The number of carboxylic acid groups (broad SMARTS) is 1. The average Bonchev–Trinajstić information content (AvgIpc) is 2.11. The van der Waals surface area contributed by atoms with E-state index >= 15 is 0 Å². The molecule has 0 rings (SSSR count). The molecule has 6 N–H and O–H groups in total. The Morgan fingerprint density at radius 1 is 1.54 bits per heavy atom. The Bertz CT molecular complexity index is 195. The maximum atomic E-state index is 11.1. The van der Waals surface area contributed by atoms with E-state index in [0.29, 0.717) is 6.42 Å². The smallest absolute Gasteiger partial charge is 0.326 e. The first-order valence-electron chi connectivity index (χ1n) is 4.01. The predicted molar refractivity (Wildman–Crippen MR) is 46.9 cm³/mol. The van der Waals surface area contributed by atoms with E-state index in [2.05, 4.69) is 5.32 Å². The second-order valence-corrected chi connectivity index (χ2v) is 2.65. The normalized spacial score (nSPS) is 14.7. The van der Waals surface area contributed by atoms with Gasteiger partial charge < -0.3 is 21.9 Å². The van der Waals surface area contributed by atoms with Crippen LogP contribution in [0.2, 0.25) is 0 Å². The molecule has 0 bridgehead atoms. The lowest BCUT2D eigenvalue weighted by Crippen LogP contribution is -2.50. The minimum Gasteiger partial charge on any atom is -0.480 e.